The zero-order valence-electron chi connectivity index (χ0n) is 11.5. The first-order valence-electron chi connectivity index (χ1n) is 6.76. The first kappa shape index (κ1) is 16.3. The van der Waals surface area contributed by atoms with E-state index < -0.39 is 5.97 Å². The van der Waals surface area contributed by atoms with Crippen molar-refractivity contribution < 1.29 is 14.7 Å². The molecule has 6 nitrogen and oxygen atoms in total. The number of amides is 2. The van der Waals surface area contributed by atoms with Gasteiger partial charge in [0, 0.05) is 31.1 Å². The maximum absolute atomic E-state index is 12.1. The molecule has 0 spiro atoms. The molecule has 2 amide bonds. The van der Waals surface area contributed by atoms with E-state index in [4.69, 9.17) is 5.11 Å². The van der Waals surface area contributed by atoms with E-state index in [0.717, 1.165) is 15.1 Å². The number of carbonyl (C=O) groups is 2. The Morgan fingerprint density at radius 2 is 2.10 bits per heavy atom. The van der Waals surface area contributed by atoms with Gasteiger partial charge in [0.2, 0.25) is 0 Å². The molecule has 8 heteroatoms. The summed E-state index contributed by atoms with van der Waals surface area (Å²) in [6.07, 6.45) is 0.797. The first-order valence-corrected chi connectivity index (χ1v) is 8.36. The number of carboxylic acid groups (broad SMARTS) is 1. The van der Waals surface area contributed by atoms with E-state index in [0.29, 0.717) is 32.7 Å². The van der Waals surface area contributed by atoms with Crippen LogP contribution in [0.25, 0.3) is 0 Å². The third-order valence-electron chi connectivity index (χ3n) is 3.28. The molecule has 2 rings (SSSR count). The number of hydrogen-bond acceptors (Lipinski definition) is 4. The van der Waals surface area contributed by atoms with Crippen molar-refractivity contribution in [3.05, 3.63) is 20.8 Å². The molecule has 1 aromatic rings. The minimum absolute atomic E-state index is 0.0404. The summed E-state index contributed by atoms with van der Waals surface area (Å²) in [5, 5.41) is 11.7. The molecule has 1 fully saturated rings. The van der Waals surface area contributed by atoms with Crippen molar-refractivity contribution in [3.8, 4) is 0 Å². The highest BCUT2D eigenvalue weighted by Gasteiger charge is 2.20. The van der Waals surface area contributed by atoms with E-state index in [9.17, 15) is 9.59 Å². The van der Waals surface area contributed by atoms with Crippen LogP contribution in [0, 0.1) is 0 Å². The second-order valence-corrected chi connectivity index (χ2v) is 7.42. The van der Waals surface area contributed by atoms with Crippen molar-refractivity contribution >= 4 is 39.3 Å². The lowest BCUT2D eigenvalue weighted by atomic mass is 10.4. The molecule has 2 heterocycles. The summed E-state index contributed by atoms with van der Waals surface area (Å²) in [7, 11) is 0. The summed E-state index contributed by atoms with van der Waals surface area (Å²) in [6.45, 7) is 3.10. The number of thiophene rings is 1. The number of carboxylic acids is 1. The van der Waals surface area contributed by atoms with Crippen molar-refractivity contribution in [2.75, 3.05) is 32.7 Å². The van der Waals surface area contributed by atoms with E-state index in [2.05, 4.69) is 21.2 Å². The van der Waals surface area contributed by atoms with Crippen LogP contribution in [0.2, 0.25) is 0 Å². The molecule has 1 aromatic heterocycles. The molecule has 0 bridgehead atoms. The fraction of sp³-hybridized carbons (Fsp3) is 0.538. The Bertz CT molecular complexity index is 509. The highest BCUT2D eigenvalue weighted by atomic mass is 79.9. The van der Waals surface area contributed by atoms with Gasteiger partial charge in [-0.3, -0.25) is 9.69 Å². The quantitative estimate of drug-likeness (QED) is 0.841. The minimum Gasteiger partial charge on any atom is -0.480 e. The Labute approximate surface area is 135 Å². The largest absolute Gasteiger partial charge is 0.480 e. The Morgan fingerprint density at radius 1 is 1.29 bits per heavy atom. The van der Waals surface area contributed by atoms with Crippen LogP contribution in [-0.4, -0.2) is 59.6 Å². The van der Waals surface area contributed by atoms with E-state index >= 15 is 0 Å². The Balaban J connectivity index is 1.78. The number of halogens is 1. The number of aliphatic carboxylic acids is 1. The molecule has 0 radical (unpaired) electrons. The van der Waals surface area contributed by atoms with Gasteiger partial charge in [-0.25, -0.2) is 4.79 Å². The van der Waals surface area contributed by atoms with Crippen LogP contribution in [0.3, 0.4) is 0 Å². The Kier molecular flexibility index (Phi) is 6.01. The maximum atomic E-state index is 12.1. The zero-order valence-corrected chi connectivity index (χ0v) is 14.0. The summed E-state index contributed by atoms with van der Waals surface area (Å²) in [6, 6.07) is 3.85. The fourth-order valence-corrected chi connectivity index (χ4v) is 3.67. The molecule has 0 atom stereocenters. The second-order valence-electron chi connectivity index (χ2n) is 4.88. The average molecular weight is 376 g/mol. The lowest BCUT2D eigenvalue weighted by Crippen LogP contribution is -2.42. The summed E-state index contributed by atoms with van der Waals surface area (Å²) in [4.78, 5) is 27.6. The highest BCUT2D eigenvalue weighted by Crippen LogP contribution is 2.21. The van der Waals surface area contributed by atoms with Gasteiger partial charge in [0.1, 0.15) is 0 Å². The molecular formula is C13H18BrN3O3S. The molecule has 21 heavy (non-hydrogen) atoms. The van der Waals surface area contributed by atoms with E-state index in [1.807, 2.05) is 17.0 Å². The fourth-order valence-electron chi connectivity index (χ4n) is 2.24. The number of carbonyl (C=O) groups excluding carboxylic acids is 1. The molecule has 0 aromatic carbocycles. The predicted molar refractivity (Wildman–Crippen MR) is 84.5 cm³/mol. The molecule has 0 aliphatic carbocycles. The molecule has 2 N–H and O–H groups in total. The van der Waals surface area contributed by atoms with Gasteiger partial charge >= 0.3 is 12.0 Å². The highest BCUT2D eigenvalue weighted by molar-refractivity contribution is 9.11. The Hall–Kier alpha value is -1.12. The maximum Gasteiger partial charge on any atom is 0.317 e. The third-order valence-corrected chi connectivity index (χ3v) is 4.90. The smallest absolute Gasteiger partial charge is 0.317 e. The molecule has 116 valence electrons. The van der Waals surface area contributed by atoms with Crippen molar-refractivity contribution in [3.63, 3.8) is 0 Å². The van der Waals surface area contributed by atoms with Gasteiger partial charge in [-0.05, 0) is 34.5 Å². The van der Waals surface area contributed by atoms with Gasteiger partial charge in [0.05, 0.1) is 16.9 Å². The molecular weight excluding hydrogens is 358 g/mol. The van der Waals surface area contributed by atoms with Crippen LogP contribution in [0.5, 0.6) is 0 Å². The van der Waals surface area contributed by atoms with Crippen LogP contribution in [0.4, 0.5) is 4.79 Å². The SMILES string of the molecule is O=C(O)CN1CCCN(C(=O)NCc2ccc(Br)s2)CC1. The second kappa shape index (κ2) is 7.77. The summed E-state index contributed by atoms with van der Waals surface area (Å²) >= 11 is 4.99. The number of urea groups is 1. The summed E-state index contributed by atoms with van der Waals surface area (Å²) in [5.74, 6) is -0.823. The number of nitrogens with one attached hydrogen (secondary N) is 1. The van der Waals surface area contributed by atoms with Gasteiger partial charge in [-0.2, -0.15) is 0 Å². The Morgan fingerprint density at radius 3 is 2.76 bits per heavy atom. The zero-order chi connectivity index (χ0) is 15.2. The normalized spacial score (nSPS) is 16.5. The number of rotatable bonds is 4. The van der Waals surface area contributed by atoms with Crippen molar-refractivity contribution in [2.45, 2.75) is 13.0 Å². The average Bonchev–Trinajstić information content (AvgIpc) is 2.70. The predicted octanol–water partition coefficient (Wildman–Crippen LogP) is 1.81. The monoisotopic (exact) mass is 375 g/mol. The van der Waals surface area contributed by atoms with E-state index in [-0.39, 0.29) is 12.6 Å². The lowest BCUT2D eigenvalue weighted by molar-refractivity contribution is -0.138. The molecule has 0 saturated carbocycles. The summed E-state index contributed by atoms with van der Waals surface area (Å²) < 4.78 is 1.05. The third kappa shape index (κ3) is 5.29. The standard InChI is InChI=1S/C13H18BrN3O3S/c14-11-3-2-10(21-11)8-15-13(20)17-5-1-4-16(6-7-17)9-12(18)19/h2-3H,1,4-9H2,(H,15,20)(H,18,19). The van der Waals surface area contributed by atoms with E-state index in [1.165, 1.54) is 0 Å². The van der Waals surface area contributed by atoms with Crippen molar-refractivity contribution in [2.24, 2.45) is 0 Å². The van der Waals surface area contributed by atoms with Crippen LogP contribution in [-0.2, 0) is 11.3 Å². The minimum atomic E-state index is -0.823. The van der Waals surface area contributed by atoms with Gasteiger partial charge in [0.15, 0.2) is 0 Å². The summed E-state index contributed by atoms with van der Waals surface area (Å²) in [5.41, 5.74) is 0. The topological polar surface area (TPSA) is 72.9 Å². The van der Waals surface area contributed by atoms with Gasteiger partial charge in [0.25, 0.3) is 0 Å². The first-order chi connectivity index (χ1) is 10.0. The van der Waals surface area contributed by atoms with Gasteiger partial charge in [-0.1, -0.05) is 0 Å². The van der Waals surface area contributed by atoms with Crippen LogP contribution >= 0.6 is 27.3 Å². The van der Waals surface area contributed by atoms with Crippen molar-refractivity contribution in [1.29, 1.82) is 0 Å². The molecule has 1 aliphatic heterocycles. The van der Waals surface area contributed by atoms with Gasteiger partial charge < -0.3 is 15.3 Å². The van der Waals surface area contributed by atoms with Crippen LogP contribution < -0.4 is 5.32 Å². The number of hydrogen-bond donors (Lipinski definition) is 2. The van der Waals surface area contributed by atoms with E-state index in [1.54, 1.807) is 16.2 Å². The van der Waals surface area contributed by atoms with Gasteiger partial charge in [-0.15, -0.1) is 11.3 Å². The van der Waals surface area contributed by atoms with Crippen molar-refractivity contribution in [1.82, 2.24) is 15.1 Å². The molecule has 1 aliphatic rings. The van der Waals surface area contributed by atoms with Crippen LogP contribution in [0.1, 0.15) is 11.3 Å². The lowest BCUT2D eigenvalue weighted by Gasteiger charge is -2.21. The van der Waals surface area contributed by atoms with Crippen LogP contribution in [0.15, 0.2) is 15.9 Å². The molecule has 1 saturated heterocycles. The number of nitrogens with zero attached hydrogens (tertiary/aromatic N) is 2. The molecule has 0 unspecified atom stereocenters.